The van der Waals surface area contributed by atoms with E-state index >= 15 is 0 Å². The Morgan fingerprint density at radius 1 is 1.20 bits per heavy atom. The van der Waals surface area contributed by atoms with E-state index in [0.717, 1.165) is 13.2 Å². The van der Waals surface area contributed by atoms with Gasteiger partial charge in [-0.15, -0.1) is 0 Å². The first-order valence-electron chi connectivity index (χ1n) is 2.34. The summed E-state index contributed by atoms with van der Waals surface area (Å²) >= 11 is 0. The molecule has 0 aliphatic carbocycles. The molecule has 0 saturated carbocycles. The maximum atomic E-state index is 9.44. The average molecular weight is 190 g/mol. The van der Waals surface area contributed by atoms with Crippen molar-refractivity contribution < 1.29 is 28.0 Å². The Hall–Kier alpha value is 0.300. The van der Waals surface area contributed by atoms with Crippen LogP contribution in [-0.2, 0) is 18.2 Å². The lowest BCUT2D eigenvalue weighted by molar-refractivity contribution is 0.371. The van der Waals surface area contributed by atoms with Gasteiger partial charge in [0.2, 0.25) is 0 Å². The summed E-state index contributed by atoms with van der Waals surface area (Å²) in [5, 5.41) is 0. The summed E-state index contributed by atoms with van der Waals surface area (Å²) in [6.45, 7) is 2.00. The molecular formula is C2H8O6P2. The average Bonchev–Trinajstić information content (AvgIpc) is 2.38. The van der Waals surface area contributed by atoms with Gasteiger partial charge in [-0.25, -0.2) is 4.31 Å². The predicted molar refractivity (Wildman–Crippen MR) is 34.3 cm³/mol. The van der Waals surface area contributed by atoms with E-state index in [0.29, 0.717) is 0 Å². The Kier molecular flexibility index (Phi) is 6.22. The first-order chi connectivity index (χ1) is 4.63. The molecule has 1 fully saturated rings. The molecule has 1 heterocycles. The largest absolute Gasteiger partial charge is 0.377 e. The van der Waals surface area contributed by atoms with Crippen LogP contribution in [0.5, 0.6) is 0 Å². The van der Waals surface area contributed by atoms with Gasteiger partial charge in [-0.2, -0.15) is 0 Å². The molecule has 0 amide bonds. The van der Waals surface area contributed by atoms with Crippen LogP contribution >= 0.6 is 16.5 Å². The van der Waals surface area contributed by atoms with E-state index in [1.807, 2.05) is 0 Å². The zero-order valence-corrected chi connectivity index (χ0v) is 6.94. The third kappa shape index (κ3) is 15.7. The van der Waals surface area contributed by atoms with E-state index in [9.17, 15) is 9.13 Å². The van der Waals surface area contributed by atoms with E-state index in [1.54, 1.807) is 0 Å². The van der Waals surface area contributed by atoms with E-state index < -0.39 is 16.5 Å². The van der Waals surface area contributed by atoms with Gasteiger partial charge in [0, 0.05) is 0 Å². The Labute approximate surface area is 58.7 Å². The molecule has 0 aromatic carbocycles. The van der Waals surface area contributed by atoms with Crippen molar-refractivity contribution in [3.05, 3.63) is 0 Å². The molecule has 1 rings (SSSR count). The molecule has 1 aliphatic rings. The van der Waals surface area contributed by atoms with E-state index in [4.69, 9.17) is 9.79 Å². The molecular weight excluding hydrogens is 182 g/mol. The monoisotopic (exact) mass is 190 g/mol. The van der Waals surface area contributed by atoms with Crippen LogP contribution in [0.3, 0.4) is 0 Å². The smallest absolute Gasteiger partial charge is 0.323 e. The van der Waals surface area contributed by atoms with Gasteiger partial charge in [-0.3, -0.25) is 9.13 Å². The molecule has 0 radical (unpaired) electrons. The maximum Gasteiger partial charge on any atom is 0.323 e. The summed E-state index contributed by atoms with van der Waals surface area (Å²) in [5.74, 6) is 0. The molecule has 0 aromatic heterocycles. The molecule has 1 saturated heterocycles. The standard InChI is InChI=1S/C2H4O.H4O5P2/c1-2-3-1;1-6(2)5-7(3)4/h1-2H2;6-7H,(H,1,2)(H,3,4). The van der Waals surface area contributed by atoms with Crippen LogP contribution in [0.25, 0.3) is 0 Å². The fourth-order valence-corrected chi connectivity index (χ4v) is 0.672. The molecule has 6 nitrogen and oxygen atoms in total. The molecule has 0 bridgehead atoms. The summed E-state index contributed by atoms with van der Waals surface area (Å²) < 4.78 is 26.8. The fraction of sp³-hybridized carbons (Fsp3) is 1.00. The van der Waals surface area contributed by atoms with E-state index in [-0.39, 0.29) is 0 Å². The Morgan fingerprint density at radius 2 is 1.50 bits per heavy atom. The Morgan fingerprint density at radius 3 is 1.50 bits per heavy atom. The minimum absolute atomic E-state index is 1.00. The molecule has 0 aromatic rings. The van der Waals surface area contributed by atoms with Gasteiger partial charge in [0.25, 0.3) is 0 Å². The van der Waals surface area contributed by atoms with Crippen molar-refractivity contribution in [1.82, 2.24) is 0 Å². The highest BCUT2D eigenvalue weighted by atomic mass is 31.2. The van der Waals surface area contributed by atoms with Crippen molar-refractivity contribution in [2.75, 3.05) is 13.2 Å². The van der Waals surface area contributed by atoms with Gasteiger partial charge in [0.1, 0.15) is 0 Å². The number of ether oxygens (including phenoxy) is 1. The SMILES string of the molecule is C1CO1.O=[PH](O)O[PH](=O)O. The van der Waals surface area contributed by atoms with Crippen molar-refractivity contribution in [3.63, 3.8) is 0 Å². The van der Waals surface area contributed by atoms with Gasteiger partial charge in [0.05, 0.1) is 13.2 Å². The molecule has 8 heteroatoms. The first-order valence-corrected chi connectivity index (χ1v) is 4.87. The van der Waals surface area contributed by atoms with Gasteiger partial charge in [0.15, 0.2) is 0 Å². The third-order valence-electron chi connectivity index (χ3n) is 0.379. The molecule has 2 N–H and O–H groups in total. The van der Waals surface area contributed by atoms with Crippen molar-refractivity contribution in [2.24, 2.45) is 0 Å². The molecule has 62 valence electrons. The highest BCUT2D eigenvalue weighted by Gasteiger charge is 1.94. The molecule has 2 unspecified atom stereocenters. The lowest BCUT2D eigenvalue weighted by Crippen LogP contribution is -1.58. The van der Waals surface area contributed by atoms with Gasteiger partial charge < -0.3 is 14.5 Å². The second-order valence-corrected chi connectivity index (χ2v) is 3.13. The molecule has 1 aliphatic heterocycles. The van der Waals surface area contributed by atoms with Crippen LogP contribution in [0.4, 0.5) is 0 Å². The highest BCUT2D eigenvalue weighted by molar-refractivity contribution is 7.46. The van der Waals surface area contributed by atoms with Gasteiger partial charge >= 0.3 is 16.5 Å². The number of hydrogen-bond acceptors (Lipinski definition) is 4. The number of rotatable bonds is 2. The molecule has 2 atom stereocenters. The quantitative estimate of drug-likeness (QED) is 0.461. The predicted octanol–water partition coefficient (Wildman–Crippen LogP) is -0.216. The maximum absolute atomic E-state index is 9.44. The summed E-state index contributed by atoms with van der Waals surface area (Å²) in [6, 6.07) is 0. The Balaban J connectivity index is 0.000000219. The third-order valence-corrected chi connectivity index (χ3v) is 1.78. The minimum Gasteiger partial charge on any atom is -0.377 e. The van der Waals surface area contributed by atoms with Crippen LogP contribution in [0.2, 0.25) is 0 Å². The van der Waals surface area contributed by atoms with Gasteiger partial charge in [-0.1, -0.05) is 0 Å². The van der Waals surface area contributed by atoms with Crippen LogP contribution in [-0.4, -0.2) is 23.0 Å². The van der Waals surface area contributed by atoms with Crippen molar-refractivity contribution in [1.29, 1.82) is 0 Å². The van der Waals surface area contributed by atoms with Crippen LogP contribution in [0.15, 0.2) is 0 Å². The second kappa shape index (κ2) is 6.04. The zero-order chi connectivity index (χ0) is 7.98. The van der Waals surface area contributed by atoms with Crippen molar-refractivity contribution >= 4 is 16.5 Å². The van der Waals surface area contributed by atoms with Crippen LogP contribution in [0.1, 0.15) is 0 Å². The molecule has 0 spiro atoms. The van der Waals surface area contributed by atoms with Crippen molar-refractivity contribution in [2.45, 2.75) is 0 Å². The lowest BCUT2D eigenvalue weighted by Gasteiger charge is -1.86. The van der Waals surface area contributed by atoms with Gasteiger partial charge in [-0.05, 0) is 0 Å². The Bertz CT molecular complexity index is 117. The highest BCUT2D eigenvalue weighted by Crippen LogP contribution is 2.30. The fourth-order valence-electron chi connectivity index (χ4n) is 0.0747. The topological polar surface area (TPSA) is 96.4 Å². The lowest BCUT2D eigenvalue weighted by atomic mass is 11.0. The number of hydrogen-bond donors (Lipinski definition) is 2. The molecule has 10 heavy (non-hydrogen) atoms. The normalized spacial score (nSPS) is 20.2. The summed E-state index contributed by atoms with van der Waals surface area (Å²) in [5.41, 5.74) is 0. The van der Waals surface area contributed by atoms with E-state index in [1.165, 1.54) is 0 Å². The first kappa shape index (κ1) is 10.3. The summed E-state index contributed by atoms with van der Waals surface area (Å²) in [6.07, 6.45) is 0. The number of epoxide rings is 1. The van der Waals surface area contributed by atoms with Crippen molar-refractivity contribution in [3.8, 4) is 0 Å². The van der Waals surface area contributed by atoms with E-state index in [2.05, 4.69) is 9.05 Å². The van der Waals surface area contributed by atoms with Crippen LogP contribution in [0, 0.1) is 0 Å². The van der Waals surface area contributed by atoms with Crippen LogP contribution < -0.4 is 0 Å². The summed E-state index contributed by atoms with van der Waals surface area (Å²) in [7, 11) is -6.40. The zero-order valence-electron chi connectivity index (χ0n) is 4.94. The summed E-state index contributed by atoms with van der Waals surface area (Å²) in [4.78, 5) is 15.4. The minimum atomic E-state index is -3.20. The second-order valence-electron chi connectivity index (χ2n) is 1.25.